The summed E-state index contributed by atoms with van der Waals surface area (Å²) in [5.41, 5.74) is 0. The van der Waals surface area contributed by atoms with Crippen LogP contribution in [0.2, 0.25) is 14.8 Å². The average Bonchev–Trinajstić information content (AvgIpc) is 2.42. The summed E-state index contributed by atoms with van der Waals surface area (Å²) >= 11 is 2.00. The number of halogens is 1. The Morgan fingerprint density at radius 3 is 2.17 bits per heavy atom. The third-order valence-electron chi connectivity index (χ3n) is 2.85. The molecule has 2 unspecified atom stereocenters. The number of hydrogen-bond donors (Lipinski definition) is 0. The van der Waals surface area contributed by atoms with E-state index in [9.17, 15) is 0 Å². The molecule has 2 atom stereocenters. The first-order valence-corrected chi connectivity index (χ1v) is 15.4. The zero-order valence-electron chi connectivity index (χ0n) is 7.89. The Morgan fingerprint density at radius 2 is 1.83 bits per heavy atom. The van der Waals surface area contributed by atoms with E-state index in [0.717, 1.165) is 11.8 Å². The zero-order valence-corrected chi connectivity index (χ0v) is 12.3. The fraction of sp³-hybridized carbons (Fsp3) is 0.600. The van der Waals surface area contributed by atoms with Gasteiger partial charge in [0.15, 0.2) is 0 Å². The molecule has 0 heterocycles. The van der Waals surface area contributed by atoms with Crippen LogP contribution in [0.4, 0.5) is 0 Å². The van der Waals surface area contributed by atoms with Crippen LogP contribution in [0.1, 0.15) is 6.42 Å². The van der Waals surface area contributed by atoms with Gasteiger partial charge in [0.1, 0.15) is 0 Å². The molecule has 66 valence electrons. The van der Waals surface area contributed by atoms with Crippen molar-refractivity contribution in [3.8, 4) is 0 Å². The van der Waals surface area contributed by atoms with Crippen LogP contribution < -0.4 is 0 Å². The van der Waals surface area contributed by atoms with Crippen molar-refractivity contribution >= 4 is 34.3 Å². The maximum absolute atomic E-state index is 3.78. The molecule has 2 aliphatic rings. The standard InChI is InChI=1S/C7H6Br.3CH3.Sn/c8-7-4-5-1-2-6(7)3-5;;;;/h1-2,5-6H,3H2;3*1H3;. The molecule has 0 saturated heterocycles. The van der Waals surface area contributed by atoms with Gasteiger partial charge in [0.2, 0.25) is 0 Å². The van der Waals surface area contributed by atoms with Crippen LogP contribution in [0, 0.1) is 11.8 Å². The molecule has 0 aromatic heterocycles. The second kappa shape index (κ2) is 2.87. The van der Waals surface area contributed by atoms with Gasteiger partial charge in [-0.15, -0.1) is 0 Å². The summed E-state index contributed by atoms with van der Waals surface area (Å²) in [5, 5.41) is 0. The summed E-state index contributed by atoms with van der Waals surface area (Å²) in [4.78, 5) is 7.54. The molecule has 0 radical (unpaired) electrons. The van der Waals surface area contributed by atoms with Crippen LogP contribution in [-0.4, -0.2) is 18.4 Å². The molecule has 0 nitrogen and oxygen atoms in total. The van der Waals surface area contributed by atoms with Gasteiger partial charge in [0, 0.05) is 0 Å². The predicted octanol–water partition coefficient (Wildman–Crippen LogP) is 3.72. The summed E-state index contributed by atoms with van der Waals surface area (Å²) in [5.74, 6) is 1.57. The predicted molar refractivity (Wildman–Crippen MR) is 60.0 cm³/mol. The van der Waals surface area contributed by atoms with E-state index in [-0.39, 0.29) is 0 Å². The Balaban J connectivity index is 2.39. The molecular formula is C10H15BrSn. The third-order valence-corrected chi connectivity index (χ3v) is 11.3. The Labute approximate surface area is 87.1 Å². The number of allylic oxidation sites excluding steroid dienone is 4. The molecule has 0 aromatic rings. The second-order valence-electron chi connectivity index (χ2n) is 4.85. The van der Waals surface area contributed by atoms with Gasteiger partial charge in [-0.2, -0.15) is 0 Å². The first-order valence-electron chi connectivity index (χ1n) is 4.58. The first kappa shape index (κ1) is 9.32. The quantitative estimate of drug-likeness (QED) is 0.507. The van der Waals surface area contributed by atoms with E-state index in [1.807, 2.05) is 3.59 Å². The van der Waals surface area contributed by atoms with E-state index in [0.29, 0.717) is 0 Å². The monoisotopic (exact) mass is 334 g/mol. The van der Waals surface area contributed by atoms with Gasteiger partial charge in [-0.05, 0) is 0 Å². The van der Waals surface area contributed by atoms with E-state index in [1.165, 1.54) is 6.42 Å². The van der Waals surface area contributed by atoms with Crippen LogP contribution in [-0.2, 0) is 0 Å². The fourth-order valence-corrected chi connectivity index (χ4v) is 13.4. The molecule has 2 heteroatoms. The molecule has 2 rings (SSSR count). The Bertz CT molecular complexity index is 270. The Morgan fingerprint density at radius 1 is 1.25 bits per heavy atom. The van der Waals surface area contributed by atoms with Gasteiger partial charge in [-0.1, -0.05) is 0 Å². The van der Waals surface area contributed by atoms with Crippen molar-refractivity contribution in [2.45, 2.75) is 21.2 Å². The van der Waals surface area contributed by atoms with Crippen LogP contribution >= 0.6 is 15.9 Å². The van der Waals surface area contributed by atoms with Crippen molar-refractivity contribution in [3.05, 3.63) is 20.2 Å². The van der Waals surface area contributed by atoms with Crippen LogP contribution in [0.25, 0.3) is 0 Å². The van der Waals surface area contributed by atoms with Crippen molar-refractivity contribution in [1.29, 1.82) is 0 Å². The fourth-order valence-electron chi connectivity index (χ4n) is 2.39. The van der Waals surface area contributed by atoms with Gasteiger partial charge in [0.25, 0.3) is 0 Å². The molecule has 0 fully saturated rings. The van der Waals surface area contributed by atoms with Gasteiger partial charge in [-0.25, -0.2) is 0 Å². The molecule has 0 aromatic carbocycles. The number of fused-ring (bicyclic) bond motifs is 2. The summed E-state index contributed by atoms with van der Waals surface area (Å²) in [6.07, 6.45) is 6.16. The number of hydrogen-bond acceptors (Lipinski definition) is 0. The van der Waals surface area contributed by atoms with E-state index in [4.69, 9.17) is 0 Å². The SMILES string of the molecule is [CH3][Sn]([CH3])([CH3])[C]1=C(Br)C2C=CC1C2. The maximum atomic E-state index is 3.78. The normalized spacial score (nSPS) is 33.7. The second-order valence-corrected chi connectivity index (χ2v) is 20.1. The Hall–Kier alpha value is 0.759. The van der Waals surface area contributed by atoms with E-state index >= 15 is 0 Å². The molecular weight excluding hydrogens is 319 g/mol. The van der Waals surface area contributed by atoms with Gasteiger partial charge < -0.3 is 0 Å². The van der Waals surface area contributed by atoms with Crippen molar-refractivity contribution in [3.63, 3.8) is 0 Å². The van der Waals surface area contributed by atoms with E-state index in [1.54, 1.807) is 4.48 Å². The molecule has 2 aliphatic carbocycles. The minimum atomic E-state index is -1.77. The molecule has 0 amide bonds. The number of rotatable bonds is 1. The molecule has 12 heavy (non-hydrogen) atoms. The van der Waals surface area contributed by atoms with Gasteiger partial charge >= 0.3 is 87.6 Å². The average molecular weight is 334 g/mol. The molecule has 0 aliphatic heterocycles. The van der Waals surface area contributed by atoms with Crippen molar-refractivity contribution in [1.82, 2.24) is 0 Å². The Kier molecular flexibility index (Phi) is 2.23. The van der Waals surface area contributed by atoms with Gasteiger partial charge in [0.05, 0.1) is 0 Å². The van der Waals surface area contributed by atoms with E-state index < -0.39 is 18.4 Å². The minimum absolute atomic E-state index is 0.751. The molecule has 0 spiro atoms. The van der Waals surface area contributed by atoms with E-state index in [2.05, 4.69) is 42.9 Å². The third kappa shape index (κ3) is 1.33. The summed E-state index contributed by atoms with van der Waals surface area (Å²) in [6.45, 7) is 0. The zero-order chi connectivity index (χ0) is 8.93. The molecule has 2 bridgehead atoms. The van der Waals surface area contributed by atoms with Crippen molar-refractivity contribution in [2.24, 2.45) is 11.8 Å². The van der Waals surface area contributed by atoms with Crippen LogP contribution in [0.3, 0.4) is 0 Å². The van der Waals surface area contributed by atoms with Crippen molar-refractivity contribution in [2.75, 3.05) is 0 Å². The summed E-state index contributed by atoms with van der Waals surface area (Å²) in [7, 11) is 0. The van der Waals surface area contributed by atoms with Crippen LogP contribution in [0.5, 0.6) is 0 Å². The first-order chi connectivity index (χ1) is 5.50. The molecule has 0 N–H and O–H groups in total. The summed E-state index contributed by atoms with van der Waals surface area (Å²) < 4.78 is 3.38. The van der Waals surface area contributed by atoms with Crippen molar-refractivity contribution < 1.29 is 0 Å². The van der Waals surface area contributed by atoms with Crippen LogP contribution in [0.15, 0.2) is 20.2 Å². The van der Waals surface area contributed by atoms with Gasteiger partial charge in [-0.3, -0.25) is 0 Å². The molecule has 0 saturated carbocycles. The topological polar surface area (TPSA) is 0 Å². The summed E-state index contributed by atoms with van der Waals surface area (Å²) in [6, 6.07) is 0.